The van der Waals surface area contributed by atoms with Crippen molar-refractivity contribution in [3.8, 4) is 0 Å². The van der Waals surface area contributed by atoms with Crippen LogP contribution in [-0.2, 0) is 4.79 Å². The molecular formula is C15H24N4O2. The van der Waals surface area contributed by atoms with Crippen LogP contribution in [-0.4, -0.2) is 31.4 Å². The highest BCUT2D eigenvalue weighted by Crippen LogP contribution is 2.20. The van der Waals surface area contributed by atoms with E-state index in [-0.39, 0.29) is 11.8 Å². The number of hydrogen-bond donors (Lipinski definition) is 4. The summed E-state index contributed by atoms with van der Waals surface area (Å²) in [6.45, 7) is 6.41. The number of carbonyl (C=O) groups excluding carboxylic acids is 2. The van der Waals surface area contributed by atoms with E-state index in [0.29, 0.717) is 29.4 Å². The van der Waals surface area contributed by atoms with Crippen molar-refractivity contribution in [3.05, 3.63) is 23.8 Å². The molecule has 0 aliphatic heterocycles. The van der Waals surface area contributed by atoms with Gasteiger partial charge in [-0.2, -0.15) is 0 Å². The van der Waals surface area contributed by atoms with Crippen LogP contribution in [0.1, 0.15) is 31.1 Å². The van der Waals surface area contributed by atoms with E-state index >= 15 is 0 Å². The van der Waals surface area contributed by atoms with E-state index in [9.17, 15) is 9.59 Å². The molecule has 0 radical (unpaired) electrons. The predicted molar refractivity (Wildman–Crippen MR) is 85.2 cm³/mol. The van der Waals surface area contributed by atoms with E-state index in [0.717, 1.165) is 0 Å². The first-order valence-electron chi connectivity index (χ1n) is 7.01. The summed E-state index contributed by atoms with van der Waals surface area (Å²) in [7, 11) is 1.56. The van der Waals surface area contributed by atoms with Crippen molar-refractivity contribution in [1.29, 1.82) is 0 Å². The van der Waals surface area contributed by atoms with Crippen molar-refractivity contribution in [3.63, 3.8) is 0 Å². The summed E-state index contributed by atoms with van der Waals surface area (Å²) in [6, 6.07) is 4.47. The summed E-state index contributed by atoms with van der Waals surface area (Å²) in [4.78, 5) is 23.8. The van der Waals surface area contributed by atoms with Crippen LogP contribution in [0.2, 0.25) is 0 Å². The van der Waals surface area contributed by atoms with Gasteiger partial charge in [0.2, 0.25) is 5.91 Å². The van der Waals surface area contributed by atoms with Gasteiger partial charge in [0.05, 0.1) is 5.56 Å². The summed E-state index contributed by atoms with van der Waals surface area (Å²) in [5.74, 6) is 0.0382. The molecule has 1 aromatic carbocycles. The Morgan fingerprint density at radius 3 is 2.48 bits per heavy atom. The number of hydrogen-bond acceptors (Lipinski definition) is 4. The second-order valence-corrected chi connectivity index (χ2v) is 5.39. The molecule has 21 heavy (non-hydrogen) atoms. The van der Waals surface area contributed by atoms with E-state index in [2.05, 4.69) is 16.0 Å². The van der Waals surface area contributed by atoms with Crippen LogP contribution < -0.4 is 21.7 Å². The number of anilines is 2. The predicted octanol–water partition coefficient (Wildman–Crippen LogP) is 1.20. The quantitative estimate of drug-likeness (QED) is 0.592. The SMILES string of the molecule is CNC(=O)c1ccc(N)cc1NC(C)C(=O)NCC(C)C. The number of nitrogens with one attached hydrogen (secondary N) is 3. The molecule has 1 aromatic rings. The van der Waals surface area contributed by atoms with Crippen LogP contribution >= 0.6 is 0 Å². The van der Waals surface area contributed by atoms with Gasteiger partial charge in [-0.15, -0.1) is 0 Å². The molecular weight excluding hydrogens is 268 g/mol. The van der Waals surface area contributed by atoms with Crippen LogP contribution in [0.25, 0.3) is 0 Å². The van der Waals surface area contributed by atoms with Gasteiger partial charge < -0.3 is 21.7 Å². The maximum Gasteiger partial charge on any atom is 0.253 e. The van der Waals surface area contributed by atoms with E-state index < -0.39 is 6.04 Å². The molecule has 2 amide bonds. The number of nitrogens with two attached hydrogens (primary N) is 1. The van der Waals surface area contributed by atoms with Gasteiger partial charge in [0.1, 0.15) is 6.04 Å². The Kier molecular flexibility index (Phi) is 6.02. The van der Waals surface area contributed by atoms with Gasteiger partial charge in [0.15, 0.2) is 0 Å². The minimum absolute atomic E-state index is 0.117. The van der Waals surface area contributed by atoms with Crippen molar-refractivity contribution < 1.29 is 9.59 Å². The zero-order chi connectivity index (χ0) is 16.0. The Morgan fingerprint density at radius 2 is 1.90 bits per heavy atom. The lowest BCUT2D eigenvalue weighted by Gasteiger charge is -2.18. The molecule has 0 aliphatic rings. The van der Waals surface area contributed by atoms with Crippen LogP contribution in [0.4, 0.5) is 11.4 Å². The zero-order valence-corrected chi connectivity index (χ0v) is 13.0. The first-order chi connectivity index (χ1) is 9.85. The van der Waals surface area contributed by atoms with E-state index in [4.69, 9.17) is 5.73 Å². The van der Waals surface area contributed by atoms with Crippen molar-refractivity contribution in [2.45, 2.75) is 26.8 Å². The normalized spacial score (nSPS) is 11.9. The lowest BCUT2D eigenvalue weighted by molar-refractivity contribution is -0.121. The third-order valence-electron chi connectivity index (χ3n) is 2.97. The Labute approximate surface area is 125 Å². The van der Waals surface area contributed by atoms with Gasteiger partial charge in [-0.3, -0.25) is 9.59 Å². The zero-order valence-electron chi connectivity index (χ0n) is 13.0. The van der Waals surface area contributed by atoms with Crippen molar-refractivity contribution >= 4 is 23.2 Å². The average molecular weight is 292 g/mol. The lowest BCUT2D eigenvalue weighted by Crippen LogP contribution is -2.39. The monoisotopic (exact) mass is 292 g/mol. The smallest absolute Gasteiger partial charge is 0.253 e. The van der Waals surface area contributed by atoms with Crippen molar-refractivity contribution in [1.82, 2.24) is 10.6 Å². The van der Waals surface area contributed by atoms with Crippen LogP contribution in [0.5, 0.6) is 0 Å². The first-order valence-corrected chi connectivity index (χ1v) is 7.01. The maximum atomic E-state index is 12.0. The molecule has 0 aliphatic carbocycles. The van der Waals surface area contributed by atoms with Gasteiger partial charge in [-0.05, 0) is 31.0 Å². The van der Waals surface area contributed by atoms with Crippen molar-refractivity contribution in [2.75, 3.05) is 24.6 Å². The largest absolute Gasteiger partial charge is 0.399 e. The lowest BCUT2D eigenvalue weighted by atomic mass is 10.1. The fourth-order valence-corrected chi connectivity index (χ4v) is 1.77. The highest BCUT2D eigenvalue weighted by Gasteiger charge is 2.16. The Balaban J connectivity index is 2.83. The standard InChI is InChI=1S/C15H24N4O2/c1-9(2)8-18-14(20)10(3)19-13-7-11(16)5-6-12(13)15(21)17-4/h5-7,9-10,19H,8,16H2,1-4H3,(H,17,21)(H,18,20). The van der Waals surface area contributed by atoms with Gasteiger partial charge in [0, 0.05) is 25.0 Å². The average Bonchev–Trinajstić information content (AvgIpc) is 2.43. The van der Waals surface area contributed by atoms with Gasteiger partial charge in [0.25, 0.3) is 5.91 Å². The van der Waals surface area contributed by atoms with Gasteiger partial charge >= 0.3 is 0 Å². The Bertz CT molecular complexity index is 514. The van der Waals surface area contributed by atoms with E-state index in [1.165, 1.54) is 0 Å². The molecule has 6 heteroatoms. The van der Waals surface area contributed by atoms with Crippen LogP contribution in [0, 0.1) is 5.92 Å². The summed E-state index contributed by atoms with van der Waals surface area (Å²) >= 11 is 0. The second-order valence-electron chi connectivity index (χ2n) is 5.39. The van der Waals surface area contributed by atoms with Gasteiger partial charge in [-0.1, -0.05) is 13.8 Å². The van der Waals surface area contributed by atoms with Crippen molar-refractivity contribution in [2.24, 2.45) is 5.92 Å². The highest BCUT2D eigenvalue weighted by atomic mass is 16.2. The third-order valence-corrected chi connectivity index (χ3v) is 2.97. The first kappa shape index (κ1) is 16.8. The molecule has 0 aromatic heterocycles. The van der Waals surface area contributed by atoms with E-state index in [1.807, 2.05) is 13.8 Å². The van der Waals surface area contributed by atoms with Crippen LogP contribution in [0.3, 0.4) is 0 Å². The molecule has 116 valence electrons. The topological polar surface area (TPSA) is 96.2 Å². The highest BCUT2D eigenvalue weighted by molar-refractivity contribution is 6.00. The van der Waals surface area contributed by atoms with Crippen LogP contribution in [0.15, 0.2) is 18.2 Å². The third kappa shape index (κ3) is 4.98. The minimum Gasteiger partial charge on any atom is -0.399 e. The molecule has 5 N–H and O–H groups in total. The number of benzene rings is 1. The second kappa shape index (κ2) is 7.52. The summed E-state index contributed by atoms with van der Waals surface area (Å²) < 4.78 is 0. The number of nitrogen functional groups attached to an aromatic ring is 1. The fraction of sp³-hybridized carbons (Fsp3) is 0.467. The maximum absolute atomic E-state index is 12.0. The Morgan fingerprint density at radius 1 is 1.24 bits per heavy atom. The molecule has 0 bridgehead atoms. The summed E-state index contributed by atoms with van der Waals surface area (Å²) in [5, 5.41) is 8.45. The molecule has 1 atom stereocenters. The molecule has 0 fully saturated rings. The minimum atomic E-state index is -0.464. The molecule has 0 saturated carbocycles. The Hall–Kier alpha value is -2.24. The molecule has 0 spiro atoms. The number of carbonyl (C=O) groups is 2. The van der Waals surface area contributed by atoms with Gasteiger partial charge in [-0.25, -0.2) is 0 Å². The molecule has 1 unspecified atom stereocenters. The molecule has 1 rings (SSSR count). The fourth-order valence-electron chi connectivity index (χ4n) is 1.77. The number of amides is 2. The van der Waals surface area contributed by atoms with E-state index in [1.54, 1.807) is 32.2 Å². The molecule has 0 saturated heterocycles. The molecule has 6 nitrogen and oxygen atoms in total. The molecule has 0 heterocycles. The number of rotatable bonds is 6. The summed E-state index contributed by atoms with van der Waals surface area (Å²) in [5.41, 5.74) is 7.27. The summed E-state index contributed by atoms with van der Waals surface area (Å²) in [6.07, 6.45) is 0.